The molecule has 1 amide bonds. The molecule has 0 saturated heterocycles. The number of carbonyl (C=O) groups is 1. The van der Waals surface area contributed by atoms with Gasteiger partial charge in [-0.3, -0.25) is 4.79 Å². The summed E-state index contributed by atoms with van der Waals surface area (Å²) in [5.74, 6) is 0.663. The minimum Gasteiger partial charge on any atom is -0.313 e. The molecule has 0 fully saturated rings. The van der Waals surface area contributed by atoms with Crippen LogP contribution >= 0.6 is 0 Å². The maximum atomic E-state index is 10.2. The van der Waals surface area contributed by atoms with Crippen LogP contribution in [0.1, 0.15) is 24.1 Å². The van der Waals surface area contributed by atoms with Crippen molar-refractivity contribution in [3.63, 3.8) is 0 Å². The van der Waals surface area contributed by atoms with E-state index in [4.69, 9.17) is 0 Å². The third-order valence-electron chi connectivity index (χ3n) is 2.38. The number of aromatic nitrogens is 1. The van der Waals surface area contributed by atoms with Gasteiger partial charge >= 0.3 is 0 Å². The monoisotopic (exact) mass is 176 g/mol. The number of hydrogen-bond acceptors (Lipinski definition) is 2. The maximum absolute atomic E-state index is 10.2. The summed E-state index contributed by atoms with van der Waals surface area (Å²) in [5.41, 5.74) is 2.49. The average molecular weight is 176 g/mol. The zero-order chi connectivity index (χ0) is 9.10. The summed E-state index contributed by atoms with van der Waals surface area (Å²) >= 11 is 0. The number of rotatable bonds is 2. The van der Waals surface area contributed by atoms with Gasteiger partial charge in [-0.2, -0.15) is 0 Å². The van der Waals surface area contributed by atoms with Gasteiger partial charge in [0.15, 0.2) is 0 Å². The minimum absolute atomic E-state index is 0.663. The smallest absolute Gasteiger partial charge is 0.212 e. The molecule has 0 bridgehead atoms. The van der Waals surface area contributed by atoms with Crippen LogP contribution in [0.5, 0.6) is 0 Å². The van der Waals surface area contributed by atoms with E-state index in [0.29, 0.717) is 12.2 Å². The fraction of sp³-hybridized carbons (Fsp3) is 0.400. The number of pyridine rings is 1. The van der Waals surface area contributed by atoms with Crippen LogP contribution in [0.25, 0.3) is 0 Å². The molecule has 68 valence electrons. The van der Waals surface area contributed by atoms with Gasteiger partial charge in [0.05, 0.1) is 0 Å². The van der Waals surface area contributed by atoms with E-state index < -0.39 is 0 Å². The molecule has 0 aliphatic heterocycles. The van der Waals surface area contributed by atoms with Crippen LogP contribution in [0, 0.1) is 0 Å². The van der Waals surface area contributed by atoms with Crippen LogP contribution in [0.15, 0.2) is 12.1 Å². The van der Waals surface area contributed by atoms with E-state index in [2.05, 4.69) is 16.4 Å². The van der Waals surface area contributed by atoms with E-state index in [1.807, 2.05) is 6.07 Å². The van der Waals surface area contributed by atoms with Gasteiger partial charge in [-0.25, -0.2) is 4.98 Å². The Bertz CT molecular complexity index is 323. The second-order valence-electron chi connectivity index (χ2n) is 3.27. The Morgan fingerprint density at radius 2 is 2.15 bits per heavy atom. The molecule has 0 saturated carbocycles. The summed E-state index contributed by atoms with van der Waals surface area (Å²) in [4.78, 5) is 14.6. The molecule has 0 spiro atoms. The molecule has 1 heterocycles. The lowest BCUT2D eigenvalue weighted by atomic mass is 9.96. The molecule has 1 aliphatic carbocycles. The molecule has 1 aromatic heterocycles. The quantitative estimate of drug-likeness (QED) is 0.694. The third kappa shape index (κ3) is 1.69. The first-order valence-electron chi connectivity index (χ1n) is 4.59. The van der Waals surface area contributed by atoms with Crippen molar-refractivity contribution in [2.24, 2.45) is 0 Å². The largest absolute Gasteiger partial charge is 0.313 e. The van der Waals surface area contributed by atoms with Gasteiger partial charge in [0, 0.05) is 5.69 Å². The number of hydrogen-bond donors (Lipinski definition) is 1. The molecule has 0 unspecified atom stereocenters. The molecule has 2 rings (SSSR count). The summed E-state index contributed by atoms with van der Waals surface area (Å²) in [7, 11) is 0. The summed E-state index contributed by atoms with van der Waals surface area (Å²) in [6, 6.07) is 3.92. The van der Waals surface area contributed by atoms with Crippen LogP contribution in [-0.4, -0.2) is 11.4 Å². The van der Waals surface area contributed by atoms with Crippen LogP contribution < -0.4 is 5.32 Å². The van der Waals surface area contributed by atoms with Crippen LogP contribution in [0.4, 0.5) is 5.82 Å². The molecular formula is C10H12N2O. The van der Waals surface area contributed by atoms with Crippen molar-refractivity contribution in [3.8, 4) is 0 Å². The average Bonchev–Trinajstić information content (AvgIpc) is 2.18. The van der Waals surface area contributed by atoms with Crippen molar-refractivity contribution in [2.45, 2.75) is 25.7 Å². The zero-order valence-corrected chi connectivity index (χ0v) is 7.42. The Labute approximate surface area is 77.2 Å². The molecule has 1 aliphatic rings. The molecule has 1 aromatic rings. The molecular weight excluding hydrogens is 164 g/mol. The SMILES string of the molecule is O=CNc1ccc2c(n1)CCCC2. The number of aryl methyl sites for hydroxylation is 2. The van der Waals surface area contributed by atoms with Crippen molar-refractivity contribution in [3.05, 3.63) is 23.4 Å². The number of nitrogens with zero attached hydrogens (tertiary/aromatic N) is 1. The predicted molar refractivity (Wildman–Crippen MR) is 50.6 cm³/mol. The van der Waals surface area contributed by atoms with E-state index in [1.54, 1.807) is 0 Å². The highest BCUT2D eigenvalue weighted by Gasteiger charge is 2.10. The topological polar surface area (TPSA) is 42.0 Å². The van der Waals surface area contributed by atoms with E-state index in [1.165, 1.54) is 18.4 Å². The predicted octanol–water partition coefficient (Wildman–Crippen LogP) is 1.53. The number of fused-ring (bicyclic) bond motifs is 1. The van der Waals surface area contributed by atoms with Crippen molar-refractivity contribution in [1.29, 1.82) is 0 Å². The summed E-state index contributed by atoms with van der Waals surface area (Å²) in [6.07, 6.45) is 5.31. The zero-order valence-electron chi connectivity index (χ0n) is 7.42. The Morgan fingerprint density at radius 1 is 1.31 bits per heavy atom. The minimum atomic E-state index is 0.663. The lowest BCUT2D eigenvalue weighted by molar-refractivity contribution is -0.105. The number of nitrogens with one attached hydrogen (secondary N) is 1. The molecule has 13 heavy (non-hydrogen) atoms. The number of amides is 1. The van der Waals surface area contributed by atoms with E-state index in [9.17, 15) is 4.79 Å². The highest BCUT2D eigenvalue weighted by atomic mass is 16.1. The molecule has 0 radical (unpaired) electrons. The molecule has 1 N–H and O–H groups in total. The van der Waals surface area contributed by atoms with Gasteiger partial charge in [0.25, 0.3) is 0 Å². The third-order valence-corrected chi connectivity index (χ3v) is 2.38. The Hall–Kier alpha value is -1.38. The fourth-order valence-corrected chi connectivity index (χ4v) is 1.72. The molecule has 3 heteroatoms. The standard InChI is InChI=1S/C10H12N2O/c13-7-11-10-6-5-8-3-1-2-4-9(8)12-10/h5-7H,1-4H2,(H,11,12,13). The first kappa shape index (κ1) is 8.23. The van der Waals surface area contributed by atoms with Crippen LogP contribution in [0.3, 0.4) is 0 Å². The van der Waals surface area contributed by atoms with Crippen molar-refractivity contribution in [1.82, 2.24) is 4.98 Å². The second kappa shape index (κ2) is 3.56. The van der Waals surface area contributed by atoms with Crippen LogP contribution in [-0.2, 0) is 17.6 Å². The van der Waals surface area contributed by atoms with Crippen molar-refractivity contribution >= 4 is 12.2 Å². The first-order chi connectivity index (χ1) is 6.40. The molecule has 0 aromatic carbocycles. The second-order valence-corrected chi connectivity index (χ2v) is 3.27. The van der Waals surface area contributed by atoms with Gasteiger partial charge in [-0.05, 0) is 37.3 Å². The lowest BCUT2D eigenvalue weighted by Gasteiger charge is -2.14. The Morgan fingerprint density at radius 3 is 3.00 bits per heavy atom. The van der Waals surface area contributed by atoms with Gasteiger partial charge in [0.1, 0.15) is 5.82 Å². The summed E-state index contributed by atoms with van der Waals surface area (Å²) in [5, 5.41) is 2.57. The van der Waals surface area contributed by atoms with E-state index in [0.717, 1.165) is 18.5 Å². The number of carbonyl (C=O) groups excluding carboxylic acids is 1. The van der Waals surface area contributed by atoms with Gasteiger partial charge < -0.3 is 5.32 Å². The Balaban J connectivity index is 2.29. The normalized spacial score (nSPS) is 14.8. The molecule has 0 atom stereocenters. The highest BCUT2D eigenvalue weighted by molar-refractivity contribution is 5.68. The van der Waals surface area contributed by atoms with Crippen molar-refractivity contribution < 1.29 is 4.79 Å². The molecule has 3 nitrogen and oxygen atoms in total. The van der Waals surface area contributed by atoms with Gasteiger partial charge in [0.2, 0.25) is 6.41 Å². The Kier molecular flexibility index (Phi) is 2.25. The van der Waals surface area contributed by atoms with Gasteiger partial charge in [-0.1, -0.05) is 6.07 Å². The highest BCUT2D eigenvalue weighted by Crippen LogP contribution is 2.20. The fourth-order valence-electron chi connectivity index (χ4n) is 1.72. The number of anilines is 1. The van der Waals surface area contributed by atoms with E-state index in [-0.39, 0.29) is 0 Å². The summed E-state index contributed by atoms with van der Waals surface area (Å²) < 4.78 is 0. The van der Waals surface area contributed by atoms with E-state index >= 15 is 0 Å². The maximum Gasteiger partial charge on any atom is 0.212 e. The first-order valence-corrected chi connectivity index (χ1v) is 4.59. The summed E-state index contributed by atoms with van der Waals surface area (Å²) in [6.45, 7) is 0. The lowest BCUT2D eigenvalue weighted by Crippen LogP contribution is -2.07. The van der Waals surface area contributed by atoms with Crippen LogP contribution in [0.2, 0.25) is 0 Å². The van der Waals surface area contributed by atoms with Gasteiger partial charge in [-0.15, -0.1) is 0 Å². The van der Waals surface area contributed by atoms with Crippen molar-refractivity contribution in [2.75, 3.05) is 5.32 Å².